The minimum atomic E-state index is -0.161. The number of hydrogen-bond donors (Lipinski definition) is 1. The summed E-state index contributed by atoms with van der Waals surface area (Å²) < 4.78 is 13.8. The monoisotopic (exact) mass is 231 g/mol. The van der Waals surface area contributed by atoms with Crippen molar-refractivity contribution in [2.75, 3.05) is 6.54 Å². The summed E-state index contributed by atoms with van der Waals surface area (Å²) in [7, 11) is 0. The fourth-order valence-electron chi connectivity index (χ4n) is 1.03. The minimum Gasteiger partial charge on any atom is -0.330 e. The molecule has 1 nitrogen and oxygen atoms in total. The summed E-state index contributed by atoms with van der Waals surface area (Å²) in [6.07, 6.45) is 1.54. The van der Waals surface area contributed by atoms with Crippen LogP contribution in [0.2, 0.25) is 0 Å². The molecule has 2 N–H and O–H groups in total. The van der Waals surface area contributed by atoms with E-state index in [4.69, 9.17) is 5.73 Å². The van der Waals surface area contributed by atoms with Crippen LogP contribution in [0.4, 0.5) is 4.39 Å². The van der Waals surface area contributed by atoms with E-state index in [1.165, 1.54) is 0 Å². The summed E-state index contributed by atoms with van der Waals surface area (Å²) in [6, 6.07) is 5.32. The zero-order chi connectivity index (χ0) is 8.97. The van der Waals surface area contributed by atoms with Gasteiger partial charge in [-0.1, -0.05) is 12.1 Å². The van der Waals surface area contributed by atoms with E-state index in [-0.39, 0.29) is 5.82 Å². The lowest BCUT2D eigenvalue weighted by molar-refractivity contribution is 0.599. The maximum atomic E-state index is 13.2. The molecule has 0 aliphatic rings. The van der Waals surface area contributed by atoms with Crippen molar-refractivity contribution in [1.29, 1.82) is 0 Å². The molecule has 0 radical (unpaired) electrons. The molecule has 1 aromatic rings. The number of nitrogens with two attached hydrogens (primary N) is 1. The molecular weight excluding hydrogens is 221 g/mol. The lowest BCUT2D eigenvalue weighted by Crippen LogP contribution is -2.01. The van der Waals surface area contributed by atoms with Gasteiger partial charge in [-0.25, -0.2) is 4.39 Å². The van der Waals surface area contributed by atoms with Crippen LogP contribution < -0.4 is 5.73 Å². The molecule has 0 aliphatic heterocycles. The van der Waals surface area contributed by atoms with Crippen LogP contribution >= 0.6 is 15.9 Å². The van der Waals surface area contributed by atoms with Gasteiger partial charge in [-0.3, -0.25) is 0 Å². The van der Waals surface area contributed by atoms with E-state index in [0.717, 1.165) is 12.0 Å². The first-order valence-corrected chi connectivity index (χ1v) is 4.68. The molecule has 0 saturated carbocycles. The molecule has 0 spiro atoms. The van der Waals surface area contributed by atoms with Gasteiger partial charge in [-0.15, -0.1) is 0 Å². The van der Waals surface area contributed by atoms with Crippen molar-refractivity contribution in [1.82, 2.24) is 0 Å². The molecule has 0 aromatic heterocycles. The predicted molar refractivity (Wildman–Crippen MR) is 51.5 cm³/mol. The van der Waals surface area contributed by atoms with Gasteiger partial charge in [0.2, 0.25) is 0 Å². The van der Waals surface area contributed by atoms with Crippen molar-refractivity contribution in [3.8, 4) is 0 Å². The summed E-state index contributed by atoms with van der Waals surface area (Å²) >= 11 is 3.13. The van der Waals surface area contributed by atoms with Crippen molar-refractivity contribution in [3.05, 3.63) is 34.1 Å². The number of rotatable bonds is 3. The Morgan fingerprint density at radius 3 is 2.83 bits per heavy atom. The molecule has 0 amide bonds. The molecule has 12 heavy (non-hydrogen) atoms. The molecule has 0 aliphatic carbocycles. The largest absolute Gasteiger partial charge is 0.330 e. The molecule has 0 bridgehead atoms. The fourth-order valence-corrected chi connectivity index (χ4v) is 1.44. The number of aryl methyl sites for hydroxylation is 1. The Labute approximate surface area is 79.9 Å². The van der Waals surface area contributed by atoms with Crippen LogP contribution in [0.5, 0.6) is 0 Å². The highest BCUT2D eigenvalue weighted by Crippen LogP contribution is 2.19. The van der Waals surface area contributed by atoms with E-state index in [9.17, 15) is 4.39 Å². The highest BCUT2D eigenvalue weighted by atomic mass is 79.9. The van der Waals surface area contributed by atoms with Crippen LogP contribution in [0.1, 0.15) is 12.0 Å². The Hall–Kier alpha value is -0.410. The fraction of sp³-hybridized carbons (Fsp3) is 0.333. The first kappa shape index (κ1) is 9.68. The van der Waals surface area contributed by atoms with E-state index in [2.05, 4.69) is 15.9 Å². The zero-order valence-corrected chi connectivity index (χ0v) is 8.27. The van der Waals surface area contributed by atoms with Crippen molar-refractivity contribution >= 4 is 15.9 Å². The molecule has 0 fully saturated rings. The third-order valence-corrected chi connectivity index (χ3v) is 2.29. The highest BCUT2D eigenvalue weighted by Gasteiger charge is 2.03. The Balaban J connectivity index is 2.78. The second kappa shape index (κ2) is 4.58. The summed E-state index contributed by atoms with van der Waals surface area (Å²) in [6.45, 7) is 0.603. The van der Waals surface area contributed by atoms with E-state index in [1.807, 2.05) is 6.07 Å². The van der Waals surface area contributed by atoms with Gasteiger partial charge >= 0.3 is 0 Å². The predicted octanol–water partition coefficient (Wildman–Crippen LogP) is 2.48. The van der Waals surface area contributed by atoms with Gasteiger partial charge in [-0.2, -0.15) is 0 Å². The zero-order valence-electron chi connectivity index (χ0n) is 6.69. The Morgan fingerprint density at radius 1 is 1.42 bits per heavy atom. The van der Waals surface area contributed by atoms with Gasteiger partial charge in [0.25, 0.3) is 0 Å². The van der Waals surface area contributed by atoms with E-state index in [0.29, 0.717) is 17.4 Å². The Morgan fingerprint density at radius 2 is 2.17 bits per heavy atom. The maximum absolute atomic E-state index is 13.2. The molecule has 0 heterocycles. The van der Waals surface area contributed by atoms with Crippen LogP contribution in [0.15, 0.2) is 22.7 Å². The lowest BCUT2D eigenvalue weighted by Gasteiger charge is -2.02. The summed E-state index contributed by atoms with van der Waals surface area (Å²) in [5, 5.41) is 0. The quantitative estimate of drug-likeness (QED) is 0.851. The van der Waals surface area contributed by atoms with Crippen molar-refractivity contribution in [3.63, 3.8) is 0 Å². The van der Waals surface area contributed by atoms with Crippen LogP contribution in [0.3, 0.4) is 0 Å². The second-order valence-corrected chi connectivity index (χ2v) is 3.46. The molecule has 0 saturated heterocycles. The molecule has 1 aromatic carbocycles. The van der Waals surface area contributed by atoms with Gasteiger partial charge in [-0.05, 0) is 46.9 Å². The normalized spacial score (nSPS) is 10.2. The van der Waals surface area contributed by atoms with Gasteiger partial charge < -0.3 is 5.73 Å². The molecule has 0 atom stereocenters. The molecular formula is C9H11BrFN. The van der Waals surface area contributed by atoms with Crippen LogP contribution in [-0.2, 0) is 6.42 Å². The van der Waals surface area contributed by atoms with E-state index < -0.39 is 0 Å². The van der Waals surface area contributed by atoms with E-state index in [1.54, 1.807) is 12.1 Å². The van der Waals surface area contributed by atoms with Gasteiger partial charge in [0.05, 0.1) is 4.47 Å². The number of hydrogen-bond acceptors (Lipinski definition) is 1. The summed E-state index contributed by atoms with van der Waals surface area (Å²) in [4.78, 5) is 0. The standard InChI is InChI=1S/C9H11BrFN/c10-8-5-1-3-7(9(8)11)4-2-6-12/h1,3,5H,2,4,6,12H2. The Kier molecular flexibility index (Phi) is 3.69. The average Bonchev–Trinajstić information content (AvgIpc) is 2.08. The SMILES string of the molecule is NCCCc1cccc(Br)c1F. The second-order valence-electron chi connectivity index (χ2n) is 2.61. The third kappa shape index (κ3) is 2.29. The van der Waals surface area contributed by atoms with Crippen molar-refractivity contribution in [2.45, 2.75) is 12.8 Å². The average molecular weight is 232 g/mol. The summed E-state index contributed by atoms with van der Waals surface area (Å²) in [5.74, 6) is -0.161. The maximum Gasteiger partial charge on any atom is 0.140 e. The lowest BCUT2D eigenvalue weighted by atomic mass is 10.1. The topological polar surface area (TPSA) is 26.0 Å². The molecule has 3 heteroatoms. The van der Waals surface area contributed by atoms with Crippen molar-refractivity contribution < 1.29 is 4.39 Å². The van der Waals surface area contributed by atoms with Crippen LogP contribution in [0.25, 0.3) is 0 Å². The Bertz CT molecular complexity index is 263. The van der Waals surface area contributed by atoms with Gasteiger partial charge in [0, 0.05) is 0 Å². The van der Waals surface area contributed by atoms with Crippen molar-refractivity contribution in [2.24, 2.45) is 5.73 Å². The van der Waals surface area contributed by atoms with Crippen LogP contribution in [0, 0.1) is 5.82 Å². The third-order valence-electron chi connectivity index (χ3n) is 1.68. The number of benzene rings is 1. The molecule has 1 rings (SSSR count). The molecule has 0 unspecified atom stereocenters. The first-order valence-electron chi connectivity index (χ1n) is 3.88. The van der Waals surface area contributed by atoms with E-state index >= 15 is 0 Å². The number of halogens is 2. The van der Waals surface area contributed by atoms with Crippen LogP contribution in [-0.4, -0.2) is 6.54 Å². The van der Waals surface area contributed by atoms with Gasteiger partial charge in [0.15, 0.2) is 0 Å². The first-order chi connectivity index (χ1) is 5.75. The summed E-state index contributed by atoms with van der Waals surface area (Å²) in [5.41, 5.74) is 6.06. The molecule has 66 valence electrons. The highest BCUT2D eigenvalue weighted by molar-refractivity contribution is 9.10. The van der Waals surface area contributed by atoms with Gasteiger partial charge in [0.1, 0.15) is 5.82 Å². The minimum absolute atomic E-state index is 0.161. The smallest absolute Gasteiger partial charge is 0.140 e.